The zero-order chi connectivity index (χ0) is 16.5. The fourth-order valence-electron chi connectivity index (χ4n) is 3.34. The molecule has 0 radical (unpaired) electrons. The number of rotatable bonds is 2. The van der Waals surface area contributed by atoms with Crippen LogP contribution in [0.25, 0.3) is 33.3 Å². The van der Waals surface area contributed by atoms with E-state index in [0.29, 0.717) is 0 Å². The number of aryl methyl sites for hydroxylation is 2. The van der Waals surface area contributed by atoms with Crippen LogP contribution < -0.4 is 4.57 Å². The van der Waals surface area contributed by atoms with Gasteiger partial charge in [-0.25, -0.2) is 4.57 Å². The number of benzene rings is 2. The SMILES string of the molecule is Cc1cccc(-c2cccc3cccnc23)c1-c1cccc[n+]1C. The van der Waals surface area contributed by atoms with Gasteiger partial charge in [0.15, 0.2) is 6.20 Å². The molecule has 0 spiro atoms. The molecule has 0 N–H and O–H groups in total. The first-order valence-corrected chi connectivity index (χ1v) is 8.14. The Hall–Kier alpha value is -3.00. The van der Waals surface area contributed by atoms with Gasteiger partial charge in [-0.1, -0.05) is 42.5 Å². The van der Waals surface area contributed by atoms with Crippen molar-refractivity contribution in [1.82, 2.24) is 4.98 Å². The molecule has 4 rings (SSSR count). The number of aromatic nitrogens is 2. The zero-order valence-electron chi connectivity index (χ0n) is 13.9. The Labute approximate surface area is 142 Å². The first kappa shape index (κ1) is 14.6. The summed E-state index contributed by atoms with van der Waals surface area (Å²) < 4.78 is 2.17. The van der Waals surface area contributed by atoms with Gasteiger partial charge in [0.25, 0.3) is 0 Å². The summed E-state index contributed by atoms with van der Waals surface area (Å²) in [5, 5.41) is 1.17. The van der Waals surface area contributed by atoms with Crippen LogP contribution in [0.1, 0.15) is 5.56 Å². The maximum atomic E-state index is 4.64. The third-order valence-corrected chi connectivity index (χ3v) is 4.51. The van der Waals surface area contributed by atoms with Crippen molar-refractivity contribution in [2.45, 2.75) is 6.92 Å². The maximum absolute atomic E-state index is 4.64. The molecule has 2 heteroatoms. The summed E-state index contributed by atoms with van der Waals surface area (Å²) in [6.07, 6.45) is 3.96. The van der Waals surface area contributed by atoms with Gasteiger partial charge in [0.05, 0.1) is 11.1 Å². The van der Waals surface area contributed by atoms with E-state index >= 15 is 0 Å². The maximum Gasteiger partial charge on any atom is 0.213 e. The lowest BCUT2D eigenvalue weighted by atomic mass is 9.92. The fraction of sp³-hybridized carbons (Fsp3) is 0.0909. The highest BCUT2D eigenvalue weighted by molar-refractivity contribution is 5.97. The van der Waals surface area contributed by atoms with Crippen molar-refractivity contribution in [3.63, 3.8) is 0 Å². The average Bonchev–Trinajstić information content (AvgIpc) is 2.62. The number of para-hydroxylation sites is 1. The summed E-state index contributed by atoms with van der Waals surface area (Å²) >= 11 is 0. The van der Waals surface area contributed by atoms with E-state index in [-0.39, 0.29) is 0 Å². The molecule has 0 aliphatic heterocycles. The number of hydrogen-bond acceptors (Lipinski definition) is 1. The number of hydrogen-bond donors (Lipinski definition) is 0. The van der Waals surface area contributed by atoms with Gasteiger partial charge >= 0.3 is 0 Å². The van der Waals surface area contributed by atoms with Gasteiger partial charge in [0.1, 0.15) is 7.05 Å². The summed E-state index contributed by atoms with van der Waals surface area (Å²) in [5.74, 6) is 0. The van der Waals surface area contributed by atoms with E-state index in [4.69, 9.17) is 0 Å². The Kier molecular flexibility index (Phi) is 3.58. The monoisotopic (exact) mass is 311 g/mol. The highest BCUT2D eigenvalue weighted by Crippen LogP contribution is 2.36. The molecule has 24 heavy (non-hydrogen) atoms. The van der Waals surface area contributed by atoms with E-state index in [1.54, 1.807) is 0 Å². The van der Waals surface area contributed by atoms with Crippen molar-refractivity contribution < 1.29 is 4.57 Å². The Balaban J connectivity index is 2.07. The summed E-state index contributed by atoms with van der Waals surface area (Å²) in [7, 11) is 2.09. The zero-order valence-corrected chi connectivity index (χ0v) is 13.9. The smallest absolute Gasteiger partial charge is 0.213 e. The highest BCUT2D eigenvalue weighted by atomic mass is 14.9. The second-order valence-corrected chi connectivity index (χ2v) is 6.07. The fourth-order valence-corrected chi connectivity index (χ4v) is 3.34. The standard InChI is InChI=1S/C22H19N2/c1-16-8-5-11-18(21(16)20-13-3-4-15-24(20)2)19-12-6-9-17-10-7-14-23-22(17)19/h3-15H,1-2H3/q+1. The summed E-state index contributed by atoms with van der Waals surface area (Å²) in [6, 6.07) is 23.3. The lowest BCUT2D eigenvalue weighted by Crippen LogP contribution is -2.30. The molecule has 2 heterocycles. The van der Waals surface area contributed by atoms with Crippen LogP contribution in [0.5, 0.6) is 0 Å². The molecule has 2 aromatic heterocycles. The van der Waals surface area contributed by atoms with Gasteiger partial charge in [0, 0.05) is 29.3 Å². The second kappa shape index (κ2) is 5.89. The minimum atomic E-state index is 1.05. The molecule has 0 aliphatic carbocycles. The van der Waals surface area contributed by atoms with E-state index < -0.39 is 0 Å². The van der Waals surface area contributed by atoms with E-state index in [1.807, 2.05) is 12.3 Å². The first-order valence-electron chi connectivity index (χ1n) is 8.14. The molecule has 2 nitrogen and oxygen atoms in total. The van der Waals surface area contributed by atoms with Gasteiger partial charge in [-0.2, -0.15) is 0 Å². The van der Waals surface area contributed by atoms with Crippen LogP contribution in [0.15, 0.2) is 79.1 Å². The Morgan fingerprint density at radius 3 is 2.46 bits per heavy atom. The number of nitrogens with zero attached hydrogens (tertiary/aromatic N) is 2. The largest absolute Gasteiger partial charge is 0.256 e. The number of fused-ring (bicyclic) bond motifs is 1. The minimum Gasteiger partial charge on any atom is -0.256 e. The highest BCUT2D eigenvalue weighted by Gasteiger charge is 2.18. The molecule has 0 saturated heterocycles. The lowest BCUT2D eigenvalue weighted by Gasteiger charge is -2.13. The molecule has 0 atom stereocenters. The van der Waals surface area contributed by atoms with Gasteiger partial charge in [-0.15, -0.1) is 0 Å². The molecule has 116 valence electrons. The molecule has 0 bridgehead atoms. The molecule has 4 aromatic rings. The van der Waals surface area contributed by atoms with E-state index in [9.17, 15) is 0 Å². The Bertz CT molecular complexity index is 1030. The van der Waals surface area contributed by atoms with Crippen LogP contribution in [0.3, 0.4) is 0 Å². The molecule has 0 amide bonds. The molecule has 0 unspecified atom stereocenters. The summed E-state index contributed by atoms with van der Waals surface area (Å²) in [5.41, 5.74) is 7.18. The van der Waals surface area contributed by atoms with E-state index in [1.165, 1.54) is 33.3 Å². The molecule has 0 saturated carbocycles. The van der Waals surface area contributed by atoms with Crippen LogP contribution in [0.2, 0.25) is 0 Å². The quantitative estimate of drug-likeness (QED) is 0.490. The summed E-state index contributed by atoms with van der Waals surface area (Å²) in [6.45, 7) is 2.17. The van der Waals surface area contributed by atoms with E-state index in [0.717, 1.165) is 5.52 Å². The van der Waals surface area contributed by atoms with Crippen molar-refractivity contribution in [3.8, 4) is 22.4 Å². The predicted molar refractivity (Wildman–Crippen MR) is 98.5 cm³/mol. The molecule has 2 aromatic carbocycles. The second-order valence-electron chi connectivity index (χ2n) is 6.07. The average molecular weight is 311 g/mol. The molecular weight excluding hydrogens is 292 g/mol. The van der Waals surface area contributed by atoms with Crippen LogP contribution >= 0.6 is 0 Å². The predicted octanol–water partition coefficient (Wildman–Crippen LogP) is 4.70. The topological polar surface area (TPSA) is 16.8 Å². The third kappa shape index (κ3) is 2.37. The first-order chi connectivity index (χ1) is 11.8. The van der Waals surface area contributed by atoms with Gasteiger partial charge in [-0.05, 0) is 30.2 Å². The van der Waals surface area contributed by atoms with E-state index in [2.05, 4.69) is 90.4 Å². The molecular formula is C22H19N2+. The van der Waals surface area contributed by atoms with Crippen molar-refractivity contribution >= 4 is 10.9 Å². The van der Waals surface area contributed by atoms with Gasteiger partial charge < -0.3 is 0 Å². The minimum absolute atomic E-state index is 1.05. The number of pyridine rings is 2. The van der Waals surface area contributed by atoms with Crippen LogP contribution in [0.4, 0.5) is 0 Å². The molecule has 0 fully saturated rings. The van der Waals surface area contributed by atoms with Crippen molar-refractivity contribution in [1.29, 1.82) is 0 Å². The van der Waals surface area contributed by atoms with Gasteiger partial charge in [0.2, 0.25) is 5.69 Å². The normalized spacial score (nSPS) is 10.9. The Morgan fingerprint density at radius 2 is 1.58 bits per heavy atom. The van der Waals surface area contributed by atoms with Crippen LogP contribution in [-0.4, -0.2) is 4.98 Å². The third-order valence-electron chi connectivity index (χ3n) is 4.51. The molecule has 0 aliphatic rings. The van der Waals surface area contributed by atoms with Crippen molar-refractivity contribution in [2.75, 3.05) is 0 Å². The van der Waals surface area contributed by atoms with Crippen LogP contribution in [-0.2, 0) is 7.05 Å². The van der Waals surface area contributed by atoms with Crippen molar-refractivity contribution in [2.24, 2.45) is 7.05 Å². The Morgan fingerprint density at radius 1 is 0.792 bits per heavy atom. The van der Waals surface area contributed by atoms with Crippen LogP contribution in [0, 0.1) is 6.92 Å². The van der Waals surface area contributed by atoms with Gasteiger partial charge in [-0.3, -0.25) is 4.98 Å². The van der Waals surface area contributed by atoms with Crippen molar-refractivity contribution in [3.05, 3.63) is 84.7 Å². The summed E-state index contributed by atoms with van der Waals surface area (Å²) in [4.78, 5) is 4.64. The lowest BCUT2D eigenvalue weighted by molar-refractivity contribution is -0.660.